The maximum Gasteiger partial charge on any atom is 0.159 e. The molecule has 0 radical (unpaired) electrons. The van der Waals surface area contributed by atoms with Crippen molar-refractivity contribution >= 4 is 35.3 Å². The number of benzene rings is 1. The van der Waals surface area contributed by atoms with Crippen molar-refractivity contribution in [3.8, 4) is 5.75 Å². The highest BCUT2D eigenvalue weighted by atomic mass is 32.2. The van der Waals surface area contributed by atoms with E-state index in [1.54, 1.807) is 11.3 Å². The molecule has 2 aliphatic heterocycles. The number of thioether (sulfide) groups is 1. The molecule has 2 aliphatic rings. The highest BCUT2D eigenvalue weighted by Crippen LogP contribution is 2.50. The van der Waals surface area contributed by atoms with Gasteiger partial charge in [0.2, 0.25) is 0 Å². The van der Waals surface area contributed by atoms with Crippen LogP contribution in [0, 0.1) is 9.87 Å². The normalized spacial score (nSPS) is 24.7. The summed E-state index contributed by atoms with van der Waals surface area (Å²) in [6, 6.07) is 8.39. The number of ether oxygens (including phenoxy) is 1. The molecule has 0 spiro atoms. The molecule has 2 nitrogen and oxygen atoms in total. The standard InChI is InChI=1S/C13H11NOS3/c16-13-14-12-11(18-13)10-7(6-17-12)5-15-9-4-2-1-3-8(9)10/h1-4,7,10H,5-6H2,(H,14,16)/t7-,10-/m0/s1. The quantitative estimate of drug-likeness (QED) is 0.742. The van der Waals surface area contributed by atoms with Crippen LogP contribution in [0.3, 0.4) is 0 Å². The first-order valence-electron chi connectivity index (χ1n) is 5.90. The van der Waals surface area contributed by atoms with Crippen molar-refractivity contribution in [3.05, 3.63) is 38.7 Å². The van der Waals surface area contributed by atoms with E-state index in [4.69, 9.17) is 17.0 Å². The molecule has 0 amide bonds. The van der Waals surface area contributed by atoms with Gasteiger partial charge in [0.1, 0.15) is 5.75 Å². The molecule has 92 valence electrons. The number of fused-ring (bicyclic) bond motifs is 5. The first kappa shape index (κ1) is 11.1. The fraction of sp³-hybridized carbons (Fsp3) is 0.308. The number of aromatic amines is 1. The molecule has 3 heterocycles. The number of nitrogens with one attached hydrogen (secondary N) is 1. The van der Waals surface area contributed by atoms with E-state index in [0.717, 1.165) is 22.1 Å². The van der Waals surface area contributed by atoms with Gasteiger partial charge in [-0.2, -0.15) is 0 Å². The van der Waals surface area contributed by atoms with Crippen LogP contribution in [0.25, 0.3) is 0 Å². The first-order valence-corrected chi connectivity index (χ1v) is 8.11. The Morgan fingerprint density at radius 3 is 3.17 bits per heavy atom. The summed E-state index contributed by atoms with van der Waals surface area (Å²) >= 11 is 8.89. The van der Waals surface area contributed by atoms with Crippen molar-refractivity contribution in [2.24, 2.45) is 5.92 Å². The molecule has 0 saturated carbocycles. The molecule has 0 unspecified atom stereocenters. The minimum absolute atomic E-state index is 0.462. The van der Waals surface area contributed by atoms with Crippen LogP contribution in [-0.4, -0.2) is 17.3 Å². The number of hydrogen-bond acceptors (Lipinski definition) is 4. The van der Waals surface area contributed by atoms with E-state index in [0.29, 0.717) is 11.8 Å². The van der Waals surface area contributed by atoms with Gasteiger partial charge in [-0.3, -0.25) is 0 Å². The van der Waals surface area contributed by atoms with Gasteiger partial charge in [-0.05, 0) is 18.3 Å². The molecule has 0 aliphatic carbocycles. The van der Waals surface area contributed by atoms with Crippen molar-refractivity contribution in [1.82, 2.24) is 4.98 Å². The molecule has 18 heavy (non-hydrogen) atoms. The monoisotopic (exact) mass is 293 g/mol. The molecule has 0 bridgehead atoms. The second kappa shape index (κ2) is 4.11. The molecule has 1 aromatic carbocycles. The Morgan fingerprint density at radius 1 is 1.33 bits per heavy atom. The van der Waals surface area contributed by atoms with Crippen LogP contribution in [0.4, 0.5) is 0 Å². The van der Waals surface area contributed by atoms with Gasteiger partial charge < -0.3 is 9.72 Å². The van der Waals surface area contributed by atoms with Gasteiger partial charge in [0.25, 0.3) is 0 Å². The lowest BCUT2D eigenvalue weighted by molar-refractivity contribution is 0.219. The predicted octanol–water partition coefficient (Wildman–Crippen LogP) is 4.05. The Hall–Kier alpha value is -0.780. The summed E-state index contributed by atoms with van der Waals surface area (Å²) in [5, 5.41) is 1.27. The largest absolute Gasteiger partial charge is 0.493 e. The summed E-state index contributed by atoms with van der Waals surface area (Å²) in [5.41, 5.74) is 1.32. The summed E-state index contributed by atoms with van der Waals surface area (Å²) < 4.78 is 6.76. The minimum atomic E-state index is 0.462. The second-order valence-electron chi connectivity index (χ2n) is 4.61. The third kappa shape index (κ3) is 1.57. The van der Waals surface area contributed by atoms with Crippen molar-refractivity contribution in [2.45, 2.75) is 10.9 Å². The summed E-state index contributed by atoms with van der Waals surface area (Å²) in [5.74, 6) is 3.17. The molecule has 1 aromatic heterocycles. The van der Waals surface area contributed by atoms with Gasteiger partial charge in [0.15, 0.2) is 3.95 Å². The maximum absolute atomic E-state index is 5.87. The van der Waals surface area contributed by atoms with Crippen LogP contribution >= 0.6 is 35.3 Å². The number of rotatable bonds is 0. The van der Waals surface area contributed by atoms with E-state index in [1.165, 1.54) is 15.5 Å². The summed E-state index contributed by atoms with van der Waals surface area (Å²) in [6.07, 6.45) is 0. The van der Waals surface area contributed by atoms with Gasteiger partial charge >= 0.3 is 0 Å². The first-order chi connectivity index (χ1) is 8.83. The minimum Gasteiger partial charge on any atom is -0.493 e. The Bertz CT molecular complexity index is 660. The van der Waals surface area contributed by atoms with Gasteiger partial charge in [0, 0.05) is 28.0 Å². The van der Waals surface area contributed by atoms with E-state index in [-0.39, 0.29) is 0 Å². The Balaban J connectivity index is 1.93. The molecular formula is C13H11NOS3. The topological polar surface area (TPSA) is 25.0 Å². The van der Waals surface area contributed by atoms with Gasteiger partial charge in [-0.25, -0.2) is 0 Å². The van der Waals surface area contributed by atoms with Crippen LogP contribution in [0.5, 0.6) is 5.75 Å². The van der Waals surface area contributed by atoms with Crippen molar-refractivity contribution in [2.75, 3.05) is 12.4 Å². The number of para-hydroxylation sites is 1. The number of aromatic nitrogens is 1. The average molecular weight is 293 g/mol. The fourth-order valence-corrected chi connectivity index (χ4v) is 5.60. The van der Waals surface area contributed by atoms with Crippen LogP contribution < -0.4 is 4.74 Å². The van der Waals surface area contributed by atoms with E-state index >= 15 is 0 Å². The van der Waals surface area contributed by atoms with Gasteiger partial charge in [0.05, 0.1) is 11.6 Å². The zero-order valence-electron chi connectivity index (χ0n) is 9.51. The highest BCUT2D eigenvalue weighted by molar-refractivity contribution is 7.99. The Morgan fingerprint density at radius 2 is 2.22 bits per heavy atom. The van der Waals surface area contributed by atoms with Crippen molar-refractivity contribution in [1.29, 1.82) is 0 Å². The van der Waals surface area contributed by atoms with E-state index in [2.05, 4.69) is 23.2 Å². The molecular weight excluding hydrogens is 282 g/mol. The number of H-pyrrole nitrogens is 1. The second-order valence-corrected chi connectivity index (χ2v) is 7.35. The zero-order valence-corrected chi connectivity index (χ0v) is 12.0. The predicted molar refractivity (Wildman–Crippen MR) is 77.5 cm³/mol. The SMILES string of the molecule is S=c1[nH]c2c(s1)[C@@H]1c3ccccc3OC[C@H]1CS2. The van der Waals surface area contributed by atoms with Crippen LogP contribution in [0.2, 0.25) is 0 Å². The molecule has 2 aromatic rings. The molecule has 0 saturated heterocycles. The third-order valence-corrected chi connectivity index (χ3v) is 6.20. The lowest BCUT2D eigenvalue weighted by Gasteiger charge is -2.35. The van der Waals surface area contributed by atoms with Crippen LogP contribution in [0.1, 0.15) is 16.4 Å². The molecule has 2 atom stereocenters. The summed E-state index contributed by atoms with van der Waals surface area (Å²) in [7, 11) is 0. The lowest BCUT2D eigenvalue weighted by Crippen LogP contribution is -2.30. The molecule has 4 rings (SSSR count). The molecule has 0 fully saturated rings. The number of thiazole rings is 1. The van der Waals surface area contributed by atoms with Crippen molar-refractivity contribution in [3.63, 3.8) is 0 Å². The summed E-state index contributed by atoms with van der Waals surface area (Å²) in [4.78, 5) is 4.72. The summed E-state index contributed by atoms with van der Waals surface area (Å²) in [6.45, 7) is 0.818. The van der Waals surface area contributed by atoms with Crippen LogP contribution in [0.15, 0.2) is 29.3 Å². The smallest absolute Gasteiger partial charge is 0.159 e. The third-order valence-electron chi connectivity index (χ3n) is 3.54. The lowest BCUT2D eigenvalue weighted by atomic mass is 9.84. The average Bonchev–Trinajstić information content (AvgIpc) is 2.78. The fourth-order valence-electron chi connectivity index (χ4n) is 2.74. The maximum atomic E-state index is 5.87. The van der Waals surface area contributed by atoms with E-state index in [1.807, 2.05) is 17.8 Å². The molecule has 1 N–H and O–H groups in total. The van der Waals surface area contributed by atoms with Gasteiger partial charge in [-0.15, -0.1) is 23.1 Å². The molecule has 5 heteroatoms. The van der Waals surface area contributed by atoms with Gasteiger partial charge in [-0.1, -0.05) is 18.2 Å². The zero-order chi connectivity index (χ0) is 12.1. The van der Waals surface area contributed by atoms with Crippen molar-refractivity contribution < 1.29 is 4.74 Å². The number of hydrogen-bond donors (Lipinski definition) is 1. The van der Waals surface area contributed by atoms with E-state index < -0.39 is 0 Å². The highest BCUT2D eigenvalue weighted by Gasteiger charge is 2.38. The van der Waals surface area contributed by atoms with Crippen LogP contribution in [-0.2, 0) is 0 Å². The van der Waals surface area contributed by atoms with E-state index in [9.17, 15) is 0 Å². The Kier molecular flexibility index (Phi) is 2.53. The Labute approximate surface area is 118 Å².